The minimum atomic E-state index is -2.14. The van der Waals surface area contributed by atoms with Gasteiger partial charge in [-0.05, 0) is 111 Å². The van der Waals surface area contributed by atoms with Crippen molar-refractivity contribution in [2.75, 3.05) is 78.5 Å². The first-order valence-electron chi connectivity index (χ1n) is 48.8. The van der Waals surface area contributed by atoms with Crippen LogP contribution in [0.25, 0.3) is 21.8 Å². The van der Waals surface area contributed by atoms with Crippen molar-refractivity contribution < 1.29 is 127 Å². The Kier molecular flexibility index (Phi) is 45.2. The molecule has 8 rings (SSSR count). The van der Waals surface area contributed by atoms with Crippen molar-refractivity contribution in [1.82, 2.24) is 92.5 Å². The number of rotatable bonds is 33. The fourth-order valence-electron chi connectivity index (χ4n) is 17.8. The summed E-state index contributed by atoms with van der Waals surface area (Å²) in [5.41, 5.74) is 19.6. The Hall–Kier alpha value is -13.0. The first-order valence-corrected chi connectivity index (χ1v) is 50.0. The number of benzene rings is 3. The van der Waals surface area contributed by atoms with Crippen LogP contribution in [0.3, 0.4) is 0 Å². The van der Waals surface area contributed by atoms with E-state index in [9.17, 15) is 79.2 Å². The lowest BCUT2D eigenvalue weighted by atomic mass is 9.99. The van der Waals surface area contributed by atoms with E-state index >= 15 is 47.9 Å². The Balaban J connectivity index is 1.24. The van der Waals surface area contributed by atoms with Gasteiger partial charge in [0, 0.05) is 113 Å². The number of hydrogen-bond donors (Lipinski definition) is 23. The number of aliphatic carboxylic acids is 1. The van der Waals surface area contributed by atoms with Gasteiger partial charge in [-0.25, -0.2) is 0 Å². The topological polar surface area (TPSA) is 716 Å². The van der Waals surface area contributed by atoms with Gasteiger partial charge in [0.05, 0.1) is 37.5 Å². The van der Waals surface area contributed by atoms with Crippen LogP contribution in [0.4, 0.5) is 0 Å². The second-order valence-electron chi connectivity index (χ2n) is 38.0. The number of thioether (sulfide) groups is 1. The van der Waals surface area contributed by atoms with Gasteiger partial charge in [0.25, 0.3) is 0 Å². The number of carbonyl (C=O) groups excluding carboxylic acids is 17. The molecule has 0 unspecified atom stereocenters. The smallest absolute Gasteiger partial charge is 0.323 e. The number of phenols is 1. The van der Waals surface area contributed by atoms with Gasteiger partial charge in [0.15, 0.2) is 0 Å². The first kappa shape index (κ1) is 117. The third-order valence-corrected chi connectivity index (χ3v) is 26.9. The van der Waals surface area contributed by atoms with Crippen LogP contribution in [0.2, 0.25) is 0 Å². The second-order valence-corrected chi connectivity index (χ2v) is 39.1. The van der Waals surface area contributed by atoms with Gasteiger partial charge in [-0.2, -0.15) is 0 Å². The molecule has 5 aromatic rings. The Morgan fingerprint density at radius 1 is 0.552 bits per heavy atom. The summed E-state index contributed by atoms with van der Waals surface area (Å²) in [5, 5.41) is 114. The second kappa shape index (κ2) is 55.9. The minimum Gasteiger partial charge on any atom is -0.508 e. The number of carbonyl (C=O) groups is 18. The molecule has 5 heterocycles. The Morgan fingerprint density at radius 2 is 1.10 bits per heavy atom. The number of H-pyrrole nitrogens is 1. The first-order chi connectivity index (χ1) is 68.7. The average Bonchev–Trinajstić information content (AvgIpc) is 1.64. The normalized spacial score (nSPS) is 24.9. The maximum Gasteiger partial charge on any atom is 0.323 e. The number of aromatic nitrogens is 2. The van der Waals surface area contributed by atoms with Gasteiger partial charge >= 0.3 is 5.97 Å². The molecule has 3 aliphatic rings. The highest BCUT2D eigenvalue weighted by Crippen LogP contribution is 2.29. The van der Waals surface area contributed by atoms with Crippen molar-refractivity contribution in [3.8, 4) is 5.75 Å². The largest absolute Gasteiger partial charge is 0.508 e. The van der Waals surface area contributed by atoms with Gasteiger partial charge in [0.2, 0.25) is 100 Å². The molecular formula is C97H143N21O26S. The third-order valence-electron chi connectivity index (χ3n) is 25.9. The van der Waals surface area contributed by atoms with Crippen LogP contribution in [0, 0.1) is 11.8 Å². The zero-order chi connectivity index (χ0) is 107. The van der Waals surface area contributed by atoms with E-state index in [1.54, 1.807) is 82.4 Å². The zero-order valence-electron chi connectivity index (χ0n) is 83.3. The quantitative estimate of drug-likeness (QED) is 0.0187. The molecule has 19 atom stereocenters. The Labute approximate surface area is 843 Å². The SMILES string of the molecule is CCCC[C@H]1C(=O)N(C)[C@@H](CCCC)C(=O)N[C@@H](CC(C)C)C(=O)N[C@H](C(=O)NCC(N)=O)CSCC(=O)N[C@@H](Cc2ccc(O)cc2)C(=O)N(C)[C@@H](C)C(=O)N[C@@H](CC(N)=O)C(=O)N2CCC[C@H]2C(=O)N[C@@H](CNC[C@@H](O)[C@@H](O)[C@@H](O)[C@H](O)CO)C(=O)N[C@@H](CC(C)C)C(=O)N2C[C@H](O)C[C@H]2C(=O)N[C@@H](Cc2c[nH]c3ccccc23)C(=O)N[C@@H](CCN)C(=O)N[C@@H](Cc2cn(CC(=O)O)c3ccccc23)C(=O)N1C. The van der Waals surface area contributed by atoms with Crippen molar-refractivity contribution in [3.05, 3.63) is 102 Å². The molecule has 48 heteroatoms. The highest BCUT2D eigenvalue weighted by Gasteiger charge is 2.47. The number of amides is 17. The van der Waals surface area contributed by atoms with Gasteiger partial charge in [-0.15, -0.1) is 11.8 Å². The molecule has 3 aliphatic heterocycles. The number of aromatic hydroxyl groups is 1. The fourth-order valence-corrected chi connectivity index (χ4v) is 18.7. The maximum atomic E-state index is 16.0. The van der Waals surface area contributed by atoms with E-state index in [0.717, 1.165) is 36.3 Å². The van der Waals surface area contributed by atoms with Gasteiger partial charge in [-0.3, -0.25) is 86.3 Å². The molecule has 3 aromatic carbocycles. The standard InChI is InChI=1S/C97H143N21O26S/c1-11-13-23-72-90(137)106-63(34-51(3)4)87(134)112-70(85(132)103-44-79(100)125)49-145-50-80(126)104-66(36-54-27-29-57(120)30-28-54)93(140)113(8)53(7)84(131)108-68(40-78(99)124)95(142)117-33-19-26-73(117)91(138)111-69(42-101-43-76(122)82(129)83(130)77(123)48-119)89(136)109-65(35-52(5)6)96(143)118-46-58(121)39-75(118)92(139)107-64(37-55-41-102-61-22-17-15-20-59(55)61)88(135)105-62(31-32-98)86(133)110-67(94(141)115(10)74(24-14-12-2)97(144)114(72)9)38-56-45-116(47-81(127)128)71-25-18-16-21-60(56)71/h15-18,20-22,25,27-30,41,45,51-53,58,62-70,72-77,82-83,101-102,119-123,129-130H,11-14,19,23-24,26,31-40,42-44,46-50,98H2,1-10H3,(H2,99,124)(H2,100,125)(H,103,132)(H,104,126)(H,105,135)(H,106,137)(H,107,139)(H,108,131)(H,109,136)(H,110,133)(H,111,138)(H,112,134)(H,127,128)/t53-,58+,62-,63-,64-,65-,66-,67-,68-,69-,70-,72-,73-,74-,75-,76+,77+,82+,83-/m0/s1. The zero-order valence-corrected chi connectivity index (χ0v) is 84.2. The lowest BCUT2D eigenvalue weighted by molar-refractivity contribution is -0.149. The molecule has 0 saturated carbocycles. The minimum absolute atomic E-state index is 0.0194. The predicted molar refractivity (Wildman–Crippen MR) is 530 cm³/mol. The molecule has 2 aromatic heterocycles. The summed E-state index contributed by atoms with van der Waals surface area (Å²) in [6.07, 6.45) is -8.23. The van der Waals surface area contributed by atoms with E-state index in [4.69, 9.17) is 17.2 Å². The van der Waals surface area contributed by atoms with Crippen LogP contribution >= 0.6 is 11.8 Å². The Bertz CT molecular complexity index is 5350. The average molecular weight is 2050 g/mol. The lowest BCUT2D eigenvalue weighted by Gasteiger charge is -2.36. The van der Waals surface area contributed by atoms with Gasteiger partial charge in [0.1, 0.15) is 115 Å². The third kappa shape index (κ3) is 33.3. The van der Waals surface area contributed by atoms with Gasteiger partial charge in [-0.1, -0.05) is 116 Å². The number of nitrogens with one attached hydrogen (secondary N) is 12. The summed E-state index contributed by atoms with van der Waals surface area (Å²) in [4.78, 5) is 273. The number of aliphatic hydroxyl groups excluding tert-OH is 6. The van der Waals surface area contributed by atoms with Crippen molar-refractivity contribution in [2.24, 2.45) is 29.0 Å². The number of aliphatic hydroxyl groups is 6. The van der Waals surface area contributed by atoms with Crippen molar-refractivity contribution in [2.45, 2.75) is 273 Å². The van der Waals surface area contributed by atoms with Crippen LogP contribution in [0.5, 0.6) is 5.75 Å². The van der Waals surface area contributed by atoms with E-state index in [2.05, 4.69) is 63.5 Å². The van der Waals surface area contributed by atoms with Crippen LogP contribution < -0.4 is 75.7 Å². The number of hydrogen-bond acceptors (Lipinski definition) is 28. The molecule has 47 nitrogen and oxygen atoms in total. The van der Waals surface area contributed by atoms with Crippen LogP contribution in [0.15, 0.2) is 85.2 Å². The van der Waals surface area contributed by atoms with E-state index < -0.39 is 298 Å². The van der Waals surface area contributed by atoms with Gasteiger partial charge < -0.3 is 151 Å². The summed E-state index contributed by atoms with van der Waals surface area (Å²) in [6.45, 7) is 6.87. The molecule has 0 bridgehead atoms. The molecule has 17 amide bonds. The highest BCUT2D eigenvalue weighted by molar-refractivity contribution is 8.00. The molecule has 26 N–H and O–H groups in total. The number of para-hydroxylation sites is 2. The number of fused-ring (bicyclic) bond motifs is 4. The number of unbranched alkanes of at least 4 members (excludes halogenated alkanes) is 2. The number of nitrogens with zero attached hydrogens (tertiary/aromatic N) is 6. The number of carboxylic acids is 1. The van der Waals surface area contributed by atoms with Crippen LogP contribution in [0.1, 0.15) is 149 Å². The van der Waals surface area contributed by atoms with Crippen LogP contribution in [-0.4, -0.2) is 375 Å². The van der Waals surface area contributed by atoms with Crippen molar-refractivity contribution >= 4 is 140 Å². The van der Waals surface area contributed by atoms with E-state index in [1.807, 2.05) is 13.8 Å². The summed E-state index contributed by atoms with van der Waals surface area (Å²) >= 11 is 0.758. The van der Waals surface area contributed by atoms with E-state index in [1.165, 1.54) is 63.1 Å². The molecular weight excluding hydrogens is 1910 g/mol. The number of carboxylic acid groups (broad SMARTS) is 1. The van der Waals surface area contributed by atoms with Crippen molar-refractivity contribution in [3.63, 3.8) is 0 Å². The number of primary amides is 2. The molecule has 3 fully saturated rings. The fraction of sp³-hybridized carbons (Fsp3) is 0.588. The molecule has 145 heavy (non-hydrogen) atoms. The van der Waals surface area contributed by atoms with Crippen molar-refractivity contribution in [1.29, 1.82) is 0 Å². The highest BCUT2D eigenvalue weighted by atomic mass is 32.2. The molecule has 798 valence electrons. The summed E-state index contributed by atoms with van der Waals surface area (Å²) < 4.78 is 1.42. The molecule has 0 aliphatic carbocycles. The number of phenolic OH excluding ortho intramolecular Hbond substituents is 1. The summed E-state index contributed by atoms with van der Waals surface area (Å²) in [6, 6.07) is -3.62. The molecule has 0 spiro atoms. The predicted octanol–water partition coefficient (Wildman–Crippen LogP) is -5.17. The van der Waals surface area contributed by atoms with E-state index in [0.29, 0.717) is 64.2 Å². The number of nitrogens with two attached hydrogens (primary N) is 3. The number of likely N-dealkylation sites (N-methyl/N-ethyl adjacent to an activating group) is 3. The monoisotopic (exact) mass is 2050 g/mol. The Morgan fingerprint density at radius 3 is 1.74 bits per heavy atom. The lowest BCUT2D eigenvalue weighted by Crippen LogP contribution is -2.62. The van der Waals surface area contributed by atoms with Crippen LogP contribution in [-0.2, 0) is 112 Å². The molecule has 3 saturated heterocycles. The molecule has 0 radical (unpaired) electrons. The maximum absolute atomic E-state index is 16.0. The number of aromatic amines is 1. The summed E-state index contributed by atoms with van der Waals surface area (Å²) in [5.74, 6) is -20.1. The van der Waals surface area contributed by atoms with E-state index in [-0.39, 0.29) is 82.5 Å². The summed E-state index contributed by atoms with van der Waals surface area (Å²) in [7, 11) is 3.84.